The van der Waals surface area contributed by atoms with Crippen molar-refractivity contribution in [1.29, 1.82) is 0 Å². The number of nitrogens with one attached hydrogen (secondary N) is 1. The number of fused-ring (bicyclic) bond motifs is 1. The maximum atomic E-state index is 6.40. The number of anilines is 1. The molecule has 1 saturated heterocycles. The highest BCUT2D eigenvalue weighted by atomic mass is 35.5. The normalized spacial score (nSPS) is 17.6. The lowest BCUT2D eigenvalue weighted by Gasteiger charge is -2.32. The summed E-state index contributed by atoms with van der Waals surface area (Å²) in [5.41, 5.74) is 0.804. The van der Waals surface area contributed by atoms with E-state index in [0.29, 0.717) is 10.8 Å². The first-order valence-electron chi connectivity index (χ1n) is 6.09. The molecule has 6 nitrogen and oxygen atoms in total. The van der Waals surface area contributed by atoms with Crippen molar-refractivity contribution >= 4 is 23.2 Å². The fourth-order valence-corrected chi connectivity index (χ4v) is 2.53. The summed E-state index contributed by atoms with van der Waals surface area (Å²) in [5, 5.41) is 4.90. The second-order valence-electron chi connectivity index (χ2n) is 4.75. The van der Waals surface area contributed by atoms with Crippen LogP contribution in [0.1, 0.15) is 5.69 Å². The van der Waals surface area contributed by atoms with Gasteiger partial charge in [0.1, 0.15) is 11.3 Å². The van der Waals surface area contributed by atoms with Crippen molar-refractivity contribution in [2.75, 3.05) is 38.1 Å². The summed E-state index contributed by atoms with van der Waals surface area (Å²) in [4.78, 5) is 12.3. The molecule has 1 N–H and O–H groups in total. The quantitative estimate of drug-likeness (QED) is 0.751. The van der Waals surface area contributed by atoms with E-state index in [9.17, 15) is 0 Å². The molecule has 0 spiro atoms. The molecule has 3 heterocycles. The van der Waals surface area contributed by atoms with Gasteiger partial charge in [0.15, 0.2) is 5.82 Å². The largest absolute Gasteiger partial charge is 0.344 e. The molecule has 0 saturated carbocycles. The second kappa shape index (κ2) is 4.37. The van der Waals surface area contributed by atoms with E-state index in [1.807, 2.05) is 6.92 Å². The standard InChI is InChI=1S/C11H15ClN6/c1-8-9(12)10(17-5-3-16(2)4-6-17)18-11(15-8)13-7-14-18/h7H,3-6H2,1-2H3/p+1. The van der Waals surface area contributed by atoms with Crippen LogP contribution in [-0.2, 0) is 0 Å². The van der Waals surface area contributed by atoms with Crippen LogP contribution in [0.25, 0.3) is 5.78 Å². The zero-order valence-electron chi connectivity index (χ0n) is 10.5. The van der Waals surface area contributed by atoms with Gasteiger partial charge in [0.2, 0.25) is 0 Å². The Morgan fingerprint density at radius 3 is 2.78 bits per heavy atom. The number of piperazine rings is 1. The maximum Gasteiger partial charge on any atom is 0.254 e. The van der Waals surface area contributed by atoms with Crippen LogP contribution in [0.4, 0.5) is 5.82 Å². The van der Waals surface area contributed by atoms with E-state index in [2.05, 4.69) is 27.0 Å². The third-order valence-electron chi connectivity index (χ3n) is 3.43. The Labute approximate surface area is 110 Å². The van der Waals surface area contributed by atoms with Gasteiger partial charge in [-0.05, 0) is 6.92 Å². The van der Waals surface area contributed by atoms with Crippen LogP contribution in [0.15, 0.2) is 6.33 Å². The van der Waals surface area contributed by atoms with Crippen LogP contribution in [0.5, 0.6) is 0 Å². The zero-order valence-corrected chi connectivity index (χ0v) is 11.3. The molecule has 1 fully saturated rings. The summed E-state index contributed by atoms with van der Waals surface area (Å²) >= 11 is 6.40. The van der Waals surface area contributed by atoms with Gasteiger partial charge in [0.05, 0.1) is 38.9 Å². The molecule has 2 aromatic rings. The van der Waals surface area contributed by atoms with Crippen molar-refractivity contribution in [2.45, 2.75) is 6.92 Å². The third-order valence-corrected chi connectivity index (χ3v) is 3.87. The molecule has 0 aliphatic carbocycles. The summed E-state index contributed by atoms with van der Waals surface area (Å²) < 4.78 is 1.73. The maximum absolute atomic E-state index is 6.40. The molecule has 0 amide bonds. The van der Waals surface area contributed by atoms with Crippen LogP contribution in [-0.4, -0.2) is 52.8 Å². The molecule has 1 aliphatic rings. The van der Waals surface area contributed by atoms with Crippen molar-refractivity contribution < 1.29 is 4.90 Å². The molecule has 2 aromatic heterocycles. The van der Waals surface area contributed by atoms with Crippen molar-refractivity contribution in [2.24, 2.45) is 0 Å². The molecular formula is C11H16ClN6+. The first-order chi connectivity index (χ1) is 8.66. The van der Waals surface area contributed by atoms with Crippen LogP contribution in [0, 0.1) is 6.92 Å². The minimum atomic E-state index is 0.609. The average molecular weight is 268 g/mol. The summed E-state index contributed by atoms with van der Waals surface area (Å²) in [6, 6.07) is 0. The number of likely N-dealkylation sites (N-methyl/N-ethyl adjacent to an activating group) is 1. The molecule has 0 radical (unpaired) electrons. The number of halogens is 1. The lowest BCUT2D eigenvalue weighted by atomic mass is 10.3. The first kappa shape index (κ1) is 11.7. The Kier molecular flexibility index (Phi) is 2.83. The fraction of sp³-hybridized carbons (Fsp3) is 0.545. The van der Waals surface area contributed by atoms with E-state index in [0.717, 1.165) is 37.7 Å². The smallest absolute Gasteiger partial charge is 0.254 e. The van der Waals surface area contributed by atoms with Gasteiger partial charge in [-0.15, -0.1) is 0 Å². The molecule has 0 bridgehead atoms. The number of hydrogen-bond donors (Lipinski definition) is 1. The highest BCUT2D eigenvalue weighted by molar-refractivity contribution is 6.33. The van der Waals surface area contributed by atoms with Gasteiger partial charge in [0.25, 0.3) is 5.78 Å². The Bertz CT molecular complexity index is 572. The van der Waals surface area contributed by atoms with Gasteiger partial charge in [-0.2, -0.15) is 14.6 Å². The van der Waals surface area contributed by atoms with Gasteiger partial charge < -0.3 is 9.80 Å². The van der Waals surface area contributed by atoms with E-state index in [4.69, 9.17) is 11.6 Å². The van der Waals surface area contributed by atoms with E-state index in [1.54, 1.807) is 9.42 Å². The Morgan fingerprint density at radius 1 is 1.33 bits per heavy atom. The predicted molar refractivity (Wildman–Crippen MR) is 69.4 cm³/mol. The summed E-state index contributed by atoms with van der Waals surface area (Å²) in [5.74, 6) is 1.53. The number of hydrogen-bond acceptors (Lipinski definition) is 4. The molecule has 3 rings (SSSR count). The number of aromatic nitrogens is 4. The molecule has 1 aliphatic heterocycles. The highest BCUT2D eigenvalue weighted by Gasteiger charge is 2.23. The molecular weight excluding hydrogens is 252 g/mol. The van der Waals surface area contributed by atoms with Crippen molar-refractivity contribution in [3.8, 4) is 0 Å². The van der Waals surface area contributed by atoms with Gasteiger partial charge in [-0.25, -0.2) is 4.98 Å². The molecule has 18 heavy (non-hydrogen) atoms. The van der Waals surface area contributed by atoms with E-state index < -0.39 is 0 Å². The van der Waals surface area contributed by atoms with Crippen LogP contribution >= 0.6 is 11.6 Å². The third kappa shape index (κ3) is 1.81. The number of aryl methyl sites for hydroxylation is 1. The van der Waals surface area contributed by atoms with Crippen LogP contribution < -0.4 is 9.80 Å². The van der Waals surface area contributed by atoms with Crippen LogP contribution in [0.2, 0.25) is 5.02 Å². The molecule has 0 atom stereocenters. The van der Waals surface area contributed by atoms with Gasteiger partial charge >= 0.3 is 0 Å². The minimum Gasteiger partial charge on any atom is -0.344 e. The van der Waals surface area contributed by atoms with Crippen LogP contribution in [0.3, 0.4) is 0 Å². The fourth-order valence-electron chi connectivity index (χ4n) is 2.29. The minimum absolute atomic E-state index is 0.609. The lowest BCUT2D eigenvalue weighted by molar-refractivity contribution is -0.880. The number of rotatable bonds is 1. The zero-order chi connectivity index (χ0) is 12.7. The highest BCUT2D eigenvalue weighted by Crippen LogP contribution is 2.27. The number of nitrogens with zero attached hydrogens (tertiary/aromatic N) is 5. The van der Waals surface area contributed by atoms with Gasteiger partial charge in [0, 0.05) is 0 Å². The Hall–Kier alpha value is -1.40. The molecule has 96 valence electrons. The Morgan fingerprint density at radius 2 is 2.06 bits per heavy atom. The topological polar surface area (TPSA) is 50.8 Å². The van der Waals surface area contributed by atoms with Gasteiger partial charge in [-0.1, -0.05) is 11.6 Å². The predicted octanol–water partition coefficient (Wildman–Crippen LogP) is -0.579. The first-order valence-corrected chi connectivity index (χ1v) is 6.46. The van der Waals surface area contributed by atoms with Gasteiger partial charge in [-0.3, -0.25) is 0 Å². The Balaban J connectivity index is 2.09. The molecule has 0 aromatic carbocycles. The van der Waals surface area contributed by atoms with Crippen molar-refractivity contribution in [3.05, 3.63) is 17.0 Å². The van der Waals surface area contributed by atoms with E-state index in [1.165, 1.54) is 6.33 Å². The summed E-state index contributed by atoms with van der Waals surface area (Å²) in [6.45, 7) is 6.07. The SMILES string of the molecule is Cc1nc2ncnn2c(N2CC[NH+](C)CC2)c1Cl. The summed E-state index contributed by atoms with van der Waals surface area (Å²) in [7, 11) is 2.21. The van der Waals surface area contributed by atoms with E-state index >= 15 is 0 Å². The average Bonchev–Trinajstić information content (AvgIpc) is 2.80. The van der Waals surface area contributed by atoms with Crippen molar-refractivity contribution in [3.63, 3.8) is 0 Å². The molecule has 7 heteroatoms. The lowest BCUT2D eigenvalue weighted by Crippen LogP contribution is -3.12. The monoisotopic (exact) mass is 267 g/mol. The number of quaternary nitrogens is 1. The van der Waals surface area contributed by atoms with E-state index in [-0.39, 0.29) is 0 Å². The van der Waals surface area contributed by atoms with Crippen molar-refractivity contribution in [1.82, 2.24) is 19.6 Å². The molecule has 0 unspecified atom stereocenters. The summed E-state index contributed by atoms with van der Waals surface area (Å²) in [6.07, 6.45) is 1.52. The second-order valence-corrected chi connectivity index (χ2v) is 5.13.